The Labute approximate surface area is 89.8 Å². The molecule has 0 bridgehead atoms. The molecular formula is C12H14ClN. The number of likely N-dealkylation sites (N-methyl/N-ethyl adjacent to an activating group) is 1. The van der Waals surface area contributed by atoms with Crippen molar-refractivity contribution >= 4 is 17.7 Å². The van der Waals surface area contributed by atoms with Gasteiger partial charge in [0.05, 0.1) is 0 Å². The zero-order valence-corrected chi connectivity index (χ0v) is 9.06. The van der Waals surface area contributed by atoms with Gasteiger partial charge in [0.1, 0.15) is 0 Å². The Morgan fingerprint density at radius 2 is 2.21 bits per heavy atom. The van der Waals surface area contributed by atoms with Gasteiger partial charge in [0, 0.05) is 11.6 Å². The largest absolute Gasteiger partial charge is 0.316 e. The van der Waals surface area contributed by atoms with E-state index >= 15 is 0 Å². The van der Waals surface area contributed by atoms with Crippen LogP contribution in [-0.2, 0) is 6.42 Å². The van der Waals surface area contributed by atoms with Gasteiger partial charge in [0.2, 0.25) is 0 Å². The van der Waals surface area contributed by atoms with Crippen molar-refractivity contribution in [2.24, 2.45) is 0 Å². The van der Waals surface area contributed by atoms with Crippen molar-refractivity contribution in [3.63, 3.8) is 0 Å². The molecule has 74 valence electrons. The molecular weight excluding hydrogens is 194 g/mol. The predicted octanol–water partition coefficient (Wildman–Crippen LogP) is 2.89. The van der Waals surface area contributed by atoms with Crippen molar-refractivity contribution < 1.29 is 0 Å². The Hall–Kier alpha value is -0.790. The Morgan fingerprint density at radius 1 is 1.36 bits per heavy atom. The number of fused-ring (bicyclic) bond motifs is 1. The molecule has 1 N–H and O–H groups in total. The summed E-state index contributed by atoms with van der Waals surface area (Å²) >= 11 is 5.96. The number of halogens is 1. The van der Waals surface area contributed by atoms with Gasteiger partial charge in [-0.3, -0.25) is 0 Å². The maximum Gasteiger partial charge on any atom is 0.0412 e. The first-order chi connectivity index (χ1) is 6.79. The molecule has 0 fully saturated rings. The first-order valence-electron chi connectivity index (χ1n) is 4.92. The molecule has 0 heterocycles. The zero-order valence-electron chi connectivity index (χ0n) is 8.31. The van der Waals surface area contributed by atoms with Crippen LogP contribution in [0.1, 0.15) is 17.5 Å². The minimum absolute atomic E-state index is 0.825. The summed E-state index contributed by atoms with van der Waals surface area (Å²) in [7, 11) is 1.98. The van der Waals surface area contributed by atoms with Gasteiger partial charge in [-0.15, -0.1) is 0 Å². The topological polar surface area (TPSA) is 12.0 Å². The van der Waals surface area contributed by atoms with E-state index in [1.54, 1.807) is 0 Å². The van der Waals surface area contributed by atoms with Gasteiger partial charge in [-0.25, -0.2) is 0 Å². The van der Waals surface area contributed by atoms with Gasteiger partial charge in [-0.1, -0.05) is 29.3 Å². The highest BCUT2D eigenvalue weighted by atomic mass is 35.5. The maximum absolute atomic E-state index is 5.96. The normalized spacial score (nSPS) is 14.9. The van der Waals surface area contributed by atoms with Crippen LogP contribution in [0.3, 0.4) is 0 Å². The second-order valence-corrected chi connectivity index (χ2v) is 4.11. The summed E-state index contributed by atoms with van der Waals surface area (Å²) in [6, 6.07) is 6.15. The van der Waals surface area contributed by atoms with E-state index in [-0.39, 0.29) is 0 Å². The lowest BCUT2D eigenvalue weighted by molar-refractivity contribution is 0.809. The molecule has 0 unspecified atom stereocenters. The number of hydrogen-bond donors (Lipinski definition) is 1. The standard InChI is InChI=1S/C12H14ClN/c1-14-8-9-2-3-10-4-5-12(13)7-11(10)6-9/h4-7,14H,2-3,8H2,1H3. The highest BCUT2D eigenvalue weighted by Crippen LogP contribution is 2.25. The van der Waals surface area contributed by atoms with Crippen LogP contribution >= 0.6 is 11.6 Å². The Balaban J connectivity index is 2.32. The summed E-state index contributed by atoms with van der Waals surface area (Å²) in [6.45, 7) is 0.978. The van der Waals surface area contributed by atoms with E-state index in [2.05, 4.69) is 17.5 Å². The molecule has 0 aliphatic heterocycles. The van der Waals surface area contributed by atoms with Gasteiger partial charge < -0.3 is 5.32 Å². The first-order valence-corrected chi connectivity index (χ1v) is 5.30. The van der Waals surface area contributed by atoms with E-state index in [9.17, 15) is 0 Å². The van der Waals surface area contributed by atoms with Crippen molar-refractivity contribution in [1.29, 1.82) is 0 Å². The predicted molar refractivity (Wildman–Crippen MR) is 61.7 cm³/mol. The molecule has 0 spiro atoms. The van der Waals surface area contributed by atoms with Gasteiger partial charge in [0.15, 0.2) is 0 Å². The monoisotopic (exact) mass is 207 g/mol. The fraction of sp³-hybridized carbons (Fsp3) is 0.333. The molecule has 1 nitrogen and oxygen atoms in total. The lowest BCUT2D eigenvalue weighted by Gasteiger charge is -2.16. The number of hydrogen-bond acceptors (Lipinski definition) is 1. The van der Waals surface area contributed by atoms with E-state index in [1.165, 1.54) is 16.7 Å². The van der Waals surface area contributed by atoms with E-state index in [0.717, 1.165) is 24.4 Å². The number of rotatable bonds is 2. The molecule has 0 atom stereocenters. The Morgan fingerprint density at radius 3 is 3.00 bits per heavy atom. The number of nitrogens with one attached hydrogen (secondary N) is 1. The minimum atomic E-state index is 0.825. The Kier molecular flexibility index (Phi) is 2.90. The highest BCUT2D eigenvalue weighted by molar-refractivity contribution is 6.30. The molecule has 0 saturated carbocycles. The summed E-state index contributed by atoms with van der Waals surface area (Å²) in [5, 5.41) is 4.01. The van der Waals surface area contributed by atoms with Crippen LogP contribution < -0.4 is 5.32 Å². The fourth-order valence-corrected chi connectivity index (χ4v) is 2.06. The average Bonchev–Trinajstić information content (AvgIpc) is 2.17. The first kappa shape index (κ1) is 9.75. The third-order valence-electron chi connectivity index (χ3n) is 2.59. The summed E-state index contributed by atoms with van der Waals surface area (Å²) < 4.78 is 0. The summed E-state index contributed by atoms with van der Waals surface area (Å²) in [4.78, 5) is 0. The Bertz CT molecular complexity index is 369. The molecule has 1 aromatic carbocycles. The van der Waals surface area contributed by atoms with E-state index in [0.29, 0.717) is 0 Å². The van der Waals surface area contributed by atoms with Crippen LogP contribution in [-0.4, -0.2) is 13.6 Å². The van der Waals surface area contributed by atoms with Gasteiger partial charge in [0.25, 0.3) is 0 Å². The SMILES string of the molecule is CNCC1=Cc2cc(Cl)ccc2CC1. The van der Waals surface area contributed by atoms with E-state index in [4.69, 9.17) is 11.6 Å². The third kappa shape index (κ3) is 1.99. The summed E-state index contributed by atoms with van der Waals surface area (Å²) in [5.74, 6) is 0. The van der Waals surface area contributed by atoms with Gasteiger partial charge in [-0.05, 0) is 43.1 Å². The van der Waals surface area contributed by atoms with E-state index in [1.807, 2.05) is 19.2 Å². The molecule has 1 aromatic rings. The van der Waals surface area contributed by atoms with Crippen molar-refractivity contribution in [2.45, 2.75) is 12.8 Å². The van der Waals surface area contributed by atoms with E-state index < -0.39 is 0 Å². The molecule has 2 heteroatoms. The van der Waals surface area contributed by atoms with Crippen LogP contribution in [0.4, 0.5) is 0 Å². The summed E-state index contributed by atoms with van der Waals surface area (Å²) in [5.41, 5.74) is 4.16. The lowest BCUT2D eigenvalue weighted by atomic mass is 9.92. The number of benzene rings is 1. The quantitative estimate of drug-likeness (QED) is 0.787. The highest BCUT2D eigenvalue weighted by Gasteiger charge is 2.09. The maximum atomic E-state index is 5.96. The van der Waals surface area contributed by atoms with Gasteiger partial charge in [-0.2, -0.15) is 0 Å². The minimum Gasteiger partial charge on any atom is -0.316 e. The molecule has 2 rings (SSSR count). The van der Waals surface area contributed by atoms with Crippen LogP contribution in [0.15, 0.2) is 23.8 Å². The van der Waals surface area contributed by atoms with Crippen LogP contribution in [0.5, 0.6) is 0 Å². The van der Waals surface area contributed by atoms with Crippen molar-refractivity contribution in [3.8, 4) is 0 Å². The van der Waals surface area contributed by atoms with Crippen molar-refractivity contribution in [1.82, 2.24) is 5.32 Å². The molecule has 0 radical (unpaired) electrons. The van der Waals surface area contributed by atoms with Crippen LogP contribution in [0.2, 0.25) is 5.02 Å². The lowest BCUT2D eigenvalue weighted by Crippen LogP contribution is -2.13. The molecule has 14 heavy (non-hydrogen) atoms. The molecule has 0 amide bonds. The van der Waals surface area contributed by atoms with Gasteiger partial charge >= 0.3 is 0 Å². The zero-order chi connectivity index (χ0) is 9.97. The van der Waals surface area contributed by atoms with Crippen molar-refractivity contribution in [2.75, 3.05) is 13.6 Å². The van der Waals surface area contributed by atoms with Crippen molar-refractivity contribution in [3.05, 3.63) is 39.9 Å². The second-order valence-electron chi connectivity index (χ2n) is 3.68. The fourth-order valence-electron chi connectivity index (χ4n) is 1.88. The van der Waals surface area contributed by atoms with Crippen LogP contribution in [0, 0.1) is 0 Å². The molecule has 0 aromatic heterocycles. The molecule has 1 aliphatic carbocycles. The average molecular weight is 208 g/mol. The smallest absolute Gasteiger partial charge is 0.0412 e. The second kappa shape index (κ2) is 4.16. The van der Waals surface area contributed by atoms with Crippen LogP contribution in [0.25, 0.3) is 6.08 Å². The number of aryl methyl sites for hydroxylation is 1. The molecule has 1 aliphatic rings. The third-order valence-corrected chi connectivity index (χ3v) is 2.82. The summed E-state index contributed by atoms with van der Waals surface area (Å²) in [6.07, 6.45) is 4.55. The molecule has 0 saturated heterocycles.